The van der Waals surface area contributed by atoms with E-state index in [1.54, 1.807) is 7.11 Å². The van der Waals surface area contributed by atoms with Crippen molar-refractivity contribution in [3.05, 3.63) is 68.3 Å². The Balaban J connectivity index is 1.15. The summed E-state index contributed by atoms with van der Waals surface area (Å²) in [5, 5.41) is 8.73. The van der Waals surface area contributed by atoms with E-state index < -0.39 is 11.2 Å². The monoisotopic (exact) mass is 606 g/mol. The minimum absolute atomic E-state index is 0.0617. The predicted octanol–water partition coefficient (Wildman–Crippen LogP) is 4.47. The highest BCUT2D eigenvalue weighted by Crippen LogP contribution is 2.50. The van der Waals surface area contributed by atoms with Crippen molar-refractivity contribution in [2.75, 3.05) is 12.0 Å². The van der Waals surface area contributed by atoms with Gasteiger partial charge in [0.2, 0.25) is 0 Å². The standard InChI is InChI=1S/C29H30B2Cl2N4O5/c1-39-22-13-17(9-10-19(22)27-34-28(38)42-36-27)37-15-7-8-16(37)12-18(11-15)40-29(30,31)24-25(35-41-26(24)14-5-6-14)23-20(32)3-2-4-21(23)33/h2-4,9-10,13-16,18H,5-8,11-12,30-31H2,1H3,(H,34,36,38)/t15-,16+,18+. The molecule has 2 aromatic carbocycles. The van der Waals surface area contributed by atoms with Gasteiger partial charge in [-0.2, -0.15) is 0 Å². The molecule has 2 aromatic heterocycles. The van der Waals surface area contributed by atoms with Crippen LogP contribution in [0.25, 0.3) is 22.6 Å². The van der Waals surface area contributed by atoms with Gasteiger partial charge in [0.1, 0.15) is 32.9 Å². The average molecular weight is 607 g/mol. The summed E-state index contributed by atoms with van der Waals surface area (Å²) >= 11 is 13.3. The Morgan fingerprint density at radius 3 is 2.36 bits per heavy atom. The van der Waals surface area contributed by atoms with E-state index in [4.69, 9.17) is 41.7 Å². The van der Waals surface area contributed by atoms with E-state index in [9.17, 15) is 4.79 Å². The quantitative estimate of drug-likeness (QED) is 0.293. The molecule has 3 atom stereocenters. The number of halogens is 2. The summed E-state index contributed by atoms with van der Waals surface area (Å²) in [7, 11) is 5.82. The second kappa shape index (κ2) is 10.5. The van der Waals surface area contributed by atoms with E-state index in [2.05, 4.69) is 42.0 Å². The highest BCUT2D eigenvalue weighted by Gasteiger charge is 2.45. The van der Waals surface area contributed by atoms with Gasteiger partial charge in [0.15, 0.2) is 5.82 Å². The van der Waals surface area contributed by atoms with Gasteiger partial charge in [0.05, 0.1) is 28.8 Å². The molecule has 7 rings (SSSR count). The maximum Gasteiger partial charge on any atom is 0.439 e. The first-order valence-electron chi connectivity index (χ1n) is 14.4. The number of nitrogens with zero attached hydrogens (tertiary/aromatic N) is 3. The van der Waals surface area contributed by atoms with Crippen LogP contribution < -0.4 is 15.4 Å². The Labute approximate surface area is 254 Å². The number of ether oxygens (including phenoxy) is 2. The lowest BCUT2D eigenvalue weighted by atomic mass is 9.59. The zero-order chi connectivity index (χ0) is 29.2. The molecule has 4 aromatic rings. The molecular weight excluding hydrogens is 577 g/mol. The molecule has 1 aliphatic carbocycles. The molecule has 1 N–H and O–H groups in total. The number of hydrogen-bond acceptors (Lipinski definition) is 8. The van der Waals surface area contributed by atoms with Crippen LogP contribution in [0.1, 0.15) is 55.8 Å². The molecule has 42 heavy (non-hydrogen) atoms. The number of anilines is 1. The second-order valence-electron chi connectivity index (χ2n) is 12.0. The Kier molecular flexibility index (Phi) is 6.95. The summed E-state index contributed by atoms with van der Waals surface area (Å²) < 4.78 is 23.3. The molecule has 2 aliphatic heterocycles. The lowest BCUT2D eigenvalue weighted by Crippen LogP contribution is -2.48. The number of rotatable bonds is 8. The van der Waals surface area contributed by atoms with Gasteiger partial charge in [-0.15, -0.1) is 0 Å². The van der Waals surface area contributed by atoms with Crippen LogP contribution >= 0.6 is 23.2 Å². The lowest BCUT2D eigenvalue weighted by Gasteiger charge is -2.43. The molecule has 0 spiro atoms. The number of hydrogen-bond donors (Lipinski definition) is 1. The minimum atomic E-state index is -0.665. The highest BCUT2D eigenvalue weighted by atomic mass is 35.5. The first kappa shape index (κ1) is 27.7. The van der Waals surface area contributed by atoms with Crippen LogP contribution in [-0.2, 0) is 10.1 Å². The molecule has 216 valence electrons. The fourth-order valence-corrected chi connectivity index (χ4v) is 7.48. The first-order valence-corrected chi connectivity index (χ1v) is 15.1. The zero-order valence-corrected chi connectivity index (χ0v) is 25.2. The van der Waals surface area contributed by atoms with Gasteiger partial charge < -0.3 is 18.9 Å². The summed E-state index contributed by atoms with van der Waals surface area (Å²) in [6, 6.07) is 12.1. The molecule has 3 fully saturated rings. The summed E-state index contributed by atoms with van der Waals surface area (Å²) in [6.45, 7) is 0. The fraction of sp³-hybridized carbons (Fsp3) is 0.414. The van der Waals surface area contributed by atoms with Crippen LogP contribution in [0.4, 0.5) is 5.69 Å². The van der Waals surface area contributed by atoms with Crippen molar-refractivity contribution in [3.8, 4) is 28.4 Å². The third kappa shape index (κ3) is 4.85. The van der Waals surface area contributed by atoms with E-state index in [1.807, 2.05) is 30.3 Å². The summed E-state index contributed by atoms with van der Waals surface area (Å²) in [5.74, 6) is 1.60. The number of piperidine rings is 1. The van der Waals surface area contributed by atoms with Crippen LogP contribution in [0.3, 0.4) is 0 Å². The second-order valence-corrected chi connectivity index (χ2v) is 12.8. The van der Waals surface area contributed by atoms with Gasteiger partial charge >= 0.3 is 5.76 Å². The summed E-state index contributed by atoms with van der Waals surface area (Å²) in [4.78, 5) is 16.6. The normalized spacial score (nSPS) is 22.1. The van der Waals surface area contributed by atoms with Crippen molar-refractivity contribution in [3.63, 3.8) is 0 Å². The number of methoxy groups -OCH3 is 1. The molecule has 2 bridgehead atoms. The number of fused-ring (bicyclic) bond motifs is 2. The van der Waals surface area contributed by atoms with Crippen LogP contribution in [0, 0.1) is 0 Å². The lowest BCUT2D eigenvalue weighted by molar-refractivity contribution is -0.0178. The van der Waals surface area contributed by atoms with E-state index in [0.29, 0.717) is 56.4 Å². The predicted molar refractivity (Wildman–Crippen MR) is 165 cm³/mol. The molecule has 0 amide bonds. The average Bonchev–Trinajstić information content (AvgIpc) is 3.45. The number of aromatic nitrogens is 3. The van der Waals surface area contributed by atoms with Crippen molar-refractivity contribution in [1.82, 2.24) is 15.3 Å². The van der Waals surface area contributed by atoms with E-state index in [1.165, 1.54) is 0 Å². The Morgan fingerprint density at radius 2 is 1.74 bits per heavy atom. The van der Waals surface area contributed by atoms with E-state index in [-0.39, 0.29) is 6.10 Å². The molecule has 2 saturated heterocycles. The van der Waals surface area contributed by atoms with Gasteiger partial charge in [-0.05, 0) is 62.8 Å². The van der Waals surface area contributed by atoms with Gasteiger partial charge in [-0.1, -0.05) is 39.6 Å². The molecule has 0 radical (unpaired) electrons. The summed E-state index contributed by atoms with van der Waals surface area (Å²) in [5.41, 5.74) is 4.05. The van der Waals surface area contributed by atoms with Crippen molar-refractivity contribution in [2.45, 2.75) is 68.0 Å². The summed E-state index contributed by atoms with van der Waals surface area (Å²) in [6.07, 6.45) is 6.18. The van der Waals surface area contributed by atoms with Crippen LogP contribution in [0.5, 0.6) is 5.75 Å². The van der Waals surface area contributed by atoms with Gasteiger partial charge in [-0.25, -0.2) is 4.79 Å². The Morgan fingerprint density at radius 1 is 1.02 bits per heavy atom. The smallest absolute Gasteiger partial charge is 0.439 e. The van der Waals surface area contributed by atoms with Crippen molar-refractivity contribution < 1.29 is 18.5 Å². The molecule has 13 heteroatoms. The number of nitrogens with one attached hydrogen (secondary N) is 1. The van der Waals surface area contributed by atoms with Gasteiger partial charge in [-0.3, -0.25) is 9.51 Å². The van der Waals surface area contributed by atoms with E-state index >= 15 is 0 Å². The molecule has 4 heterocycles. The first-order chi connectivity index (χ1) is 20.2. The zero-order valence-electron chi connectivity index (χ0n) is 23.7. The highest BCUT2D eigenvalue weighted by molar-refractivity contribution is 6.41. The van der Waals surface area contributed by atoms with Crippen molar-refractivity contribution in [2.24, 2.45) is 0 Å². The van der Waals surface area contributed by atoms with E-state index in [0.717, 1.165) is 55.5 Å². The molecule has 3 aliphatic rings. The molecular formula is C29H30B2Cl2N4O5. The van der Waals surface area contributed by atoms with Gasteiger partial charge in [0, 0.05) is 46.3 Å². The topological polar surface area (TPSA) is 107 Å². The molecule has 0 unspecified atom stereocenters. The van der Waals surface area contributed by atoms with Gasteiger partial charge in [0.25, 0.3) is 0 Å². The minimum Gasteiger partial charge on any atom is -0.496 e. The Bertz CT molecular complexity index is 1670. The fourth-order valence-electron chi connectivity index (χ4n) is 6.91. The Hall–Kier alpha value is -3.14. The third-order valence-electron chi connectivity index (χ3n) is 8.80. The largest absolute Gasteiger partial charge is 0.496 e. The molecule has 9 nitrogen and oxygen atoms in total. The van der Waals surface area contributed by atoms with Crippen molar-refractivity contribution >= 4 is 44.6 Å². The molecule has 1 saturated carbocycles. The van der Waals surface area contributed by atoms with Crippen molar-refractivity contribution in [1.29, 1.82) is 0 Å². The third-order valence-corrected chi connectivity index (χ3v) is 9.43. The van der Waals surface area contributed by atoms with Crippen LogP contribution in [-0.4, -0.2) is 56.3 Å². The van der Waals surface area contributed by atoms with Crippen LogP contribution in [0.2, 0.25) is 10.0 Å². The SMILES string of the molecule is BC(B)(O[C@H]1C[C@H]2CC[C@@H](C1)N2c1ccc(-c2noc(=O)[nH]2)c(OC)c1)c1c(-c2c(Cl)cccc2Cl)noc1C1CC1. The number of H-pyrrole nitrogens is 1. The number of benzene rings is 2. The maximum atomic E-state index is 11.5. The maximum absolute atomic E-state index is 11.5. The van der Waals surface area contributed by atoms with Crippen LogP contribution in [0.15, 0.2) is 50.2 Å². The number of aromatic amines is 1.